The molecule has 1 heteroatoms. The number of hydrogen-bond donors (Lipinski definition) is 1. The quantitative estimate of drug-likeness (QED) is 0.771. The fourth-order valence-corrected chi connectivity index (χ4v) is 3.74. The Labute approximate surface area is 125 Å². The van der Waals surface area contributed by atoms with Crippen molar-refractivity contribution in [2.75, 3.05) is 6.54 Å². The summed E-state index contributed by atoms with van der Waals surface area (Å²) in [5.41, 5.74) is 2.96. The van der Waals surface area contributed by atoms with E-state index in [0.717, 1.165) is 24.3 Å². The highest BCUT2D eigenvalue weighted by atomic mass is 14.9. The highest BCUT2D eigenvalue weighted by molar-refractivity contribution is 5.26. The van der Waals surface area contributed by atoms with Gasteiger partial charge >= 0.3 is 0 Å². The summed E-state index contributed by atoms with van der Waals surface area (Å²) in [6, 6.07) is 9.93. The molecule has 1 saturated carbocycles. The molecule has 1 nitrogen and oxygen atoms in total. The summed E-state index contributed by atoms with van der Waals surface area (Å²) in [6.45, 7) is 10.3. The van der Waals surface area contributed by atoms with Crippen molar-refractivity contribution in [2.45, 2.75) is 59.4 Å². The smallest absolute Gasteiger partial charge is 0.0351 e. The van der Waals surface area contributed by atoms with Gasteiger partial charge < -0.3 is 5.32 Å². The van der Waals surface area contributed by atoms with Gasteiger partial charge in [0.1, 0.15) is 0 Å². The molecule has 20 heavy (non-hydrogen) atoms. The third-order valence-corrected chi connectivity index (χ3v) is 4.76. The maximum atomic E-state index is 3.73. The molecule has 112 valence electrons. The standard InChI is InChI=1S/C19H31N/c1-5-20-19(18-8-6-7-15(18)4)17-11-9-16(10-12-17)13-14(2)3/h9-12,14-15,18-20H,5-8,13H2,1-4H3. The maximum Gasteiger partial charge on any atom is 0.0351 e. The van der Waals surface area contributed by atoms with E-state index in [4.69, 9.17) is 0 Å². The molecule has 0 heterocycles. The van der Waals surface area contributed by atoms with Gasteiger partial charge in [-0.2, -0.15) is 0 Å². The van der Waals surface area contributed by atoms with Crippen molar-refractivity contribution in [1.29, 1.82) is 0 Å². The van der Waals surface area contributed by atoms with Crippen LogP contribution in [0.1, 0.15) is 64.1 Å². The second kappa shape index (κ2) is 7.26. The van der Waals surface area contributed by atoms with Gasteiger partial charge in [-0.05, 0) is 48.3 Å². The Balaban J connectivity index is 2.12. The zero-order valence-electron chi connectivity index (χ0n) is 13.7. The monoisotopic (exact) mass is 273 g/mol. The second-order valence-electron chi connectivity index (χ2n) is 6.95. The van der Waals surface area contributed by atoms with Crippen molar-refractivity contribution in [2.24, 2.45) is 17.8 Å². The Kier molecular flexibility index (Phi) is 5.65. The van der Waals surface area contributed by atoms with Crippen LogP contribution in [0, 0.1) is 17.8 Å². The van der Waals surface area contributed by atoms with E-state index in [1.807, 2.05) is 0 Å². The molecule has 2 rings (SSSR count). The summed E-state index contributed by atoms with van der Waals surface area (Å²) in [5, 5.41) is 3.73. The average molecular weight is 273 g/mol. The van der Waals surface area contributed by atoms with Crippen molar-refractivity contribution >= 4 is 0 Å². The van der Waals surface area contributed by atoms with E-state index in [1.165, 1.54) is 36.8 Å². The summed E-state index contributed by atoms with van der Waals surface area (Å²) >= 11 is 0. The molecule has 1 N–H and O–H groups in total. The SMILES string of the molecule is CCNC(c1ccc(CC(C)C)cc1)C1CCCC1C. The lowest BCUT2D eigenvalue weighted by atomic mass is 9.85. The lowest BCUT2D eigenvalue weighted by Gasteiger charge is -2.28. The van der Waals surface area contributed by atoms with Crippen molar-refractivity contribution in [1.82, 2.24) is 5.32 Å². The normalized spacial score (nSPS) is 24.2. The summed E-state index contributed by atoms with van der Waals surface area (Å²) in [5.74, 6) is 2.40. The third-order valence-electron chi connectivity index (χ3n) is 4.76. The molecule has 0 amide bonds. The highest BCUT2D eigenvalue weighted by Gasteiger charge is 2.31. The van der Waals surface area contributed by atoms with E-state index in [-0.39, 0.29) is 0 Å². The molecule has 3 atom stereocenters. The predicted octanol–water partition coefficient (Wildman–Crippen LogP) is 4.97. The van der Waals surface area contributed by atoms with Crippen molar-refractivity contribution in [3.63, 3.8) is 0 Å². The van der Waals surface area contributed by atoms with Crippen molar-refractivity contribution < 1.29 is 0 Å². The molecule has 3 unspecified atom stereocenters. The zero-order valence-corrected chi connectivity index (χ0v) is 13.7. The molecule has 0 saturated heterocycles. The minimum atomic E-state index is 0.547. The molecule has 1 aliphatic carbocycles. The van der Waals surface area contributed by atoms with Crippen LogP contribution in [0.25, 0.3) is 0 Å². The Morgan fingerprint density at radius 2 is 1.85 bits per heavy atom. The minimum absolute atomic E-state index is 0.547. The first-order valence-corrected chi connectivity index (χ1v) is 8.44. The van der Waals surface area contributed by atoms with Crippen LogP contribution in [-0.2, 0) is 6.42 Å². The molecule has 1 fully saturated rings. The van der Waals surface area contributed by atoms with Crippen LogP contribution >= 0.6 is 0 Å². The van der Waals surface area contributed by atoms with Crippen LogP contribution < -0.4 is 5.32 Å². The first-order valence-electron chi connectivity index (χ1n) is 8.44. The van der Waals surface area contributed by atoms with E-state index in [9.17, 15) is 0 Å². The molecule has 0 aliphatic heterocycles. The first-order chi connectivity index (χ1) is 9.61. The van der Waals surface area contributed by atoms with Crippen LogP contribution in [-0.4, -0.2) is 6.54 Å². The van der Waals surface area contributed by atoms with Gasteiger partial charge in [0.2, 0.25) is 0 Å². The van der Waals surface area contributed by atoms with E-state index in [1.54, 1.807) is 0 Å². The van der Waals surface area contributed by atoms with Gasteiger partial charge in [-0.3, -0.25) is 0 Å². The molecular weight excluding hydrogens is 242 g/mol. The van der Waals surface area contributed by atoms with Gasteiger partial charge in [0.05, 0.1) is 0 Å². The van der Waals surface area contributed by atoms with Crippen molar-refractivity contribution in [3.05, 3.63) is 35.4 Å². The Morgan fingerprint density at radius 3 is 2.35 bits per heavy atom. The third kappa shape index (κ3) is 3.85. The van der Waals surface area contributed by atoms with Gasteiger partial charge in [0.25, 0.3) is 0 Å². The van der Waals surface area contributed by atoms with E-state index < -0.39 is 0 Å². The fraction of sp³-hybridized carbons (Fsp3) is 0.684. The minimum Gasteiger partial charge on any atom is -0.310 e. The highest BCUT2D eigenvalue weighted by Crippen LogP contribution is 2.40. The molecule has 0 bridgehead atoms. The molecule has 0 radical (unpaired) electrons. The molecule has 0 aromatic heterocycles. The van der Waals surface area contributed by atoms with Gasteiger partial charge in [0, 0.05) is 6.04 Å². The molecular formula is C19H31N. The van der Waals surface area contributed by atoms with Crippen molar-refractivity contribution in [3.8, 4) is 0 Å². The maximum absolute atomic E-state index is 3.73. The molecule has 1 aliphatic rings. The lowest BCUT2D eigenvalue weighted by molar-refractivity contribution is 0.305. The Hall–Kier alpha value is -0.820. The van der Waals surface area contributed by atoms with Gasteiger partial charge in [-0.15, -0.1) is 0 Å². The number of nitrogens with one attached hydrogen (secondary N) is 1. The lowest BCUT2D eigenvalue weighted by Crippen LogP contribution is -2.29. The summed E-state index contributed by atoms with van der Waals surface area (Å²) in [7, 11) is 0. The summed E-state index contributed by atoms with van der Waals surface area (Å²) < 4.78 is 0. The van der Waals surface area contributed by atoms with Gasteiger partial charge in [-0.25, -0.2) is 0 Å². The van der Waals surface area contributed by atoms with E-state index >= 15 is 0 Å². The Bertz CT molecular complexity index is 393. The van der Waals surface area contributed by atoms with Crippen LogP contribution in [0.3, 0.4) is 0 Å². The Morgan fingerprint density at radius 1 is 1.15 bits per heavy atom. The van der Waals surface area contributed by atoms with E-state index in [2.05, 4.69) is 57.3 Å². The summed E-state index contributed by atoms with van der Waals surface area (Å²) in [4.78, 5) is 0. The van der Waals surface area contributed by atoms with Gasteiger partial charge in [-0.1, -0.05) is 64.8 Å². The molecule has 0 spiro atoms. The average Bonchev–Trinajstić information content (AvgIpc) is 2.83. The van der Waals surface area contributed by atoms with Crippen LogP contribution in [0.15, 0.2) is 24.3 Å². The van der Waals surface area contributed by atoms with Crippen LogP contribution in [0.5, 0.6) is 0 Å². The largest absolute Gasteiger partial charge is 0.310 e. The van der Waals surface area contributed by atoms with Crippen LogP contribution in [0.4, 0.5) is 0 Å². The predicted molar refractivity (Wildman–Crippen MR) is 87.9 cm³/mol. The number of hydrogen-bond acceptors (Lipinski definition) is 1. The van der Waals surface area contributed by atoms with Gasteiger partial charge in [0.15, 0.2) is 0 Å². The zero-order chi connectivity index (χ0) is 14.5. The van der Waals surface area contributed by atoms with Crippen LogP contribution in [0.2, 0.25) is 0 Å². The second-order valence-corrected chi connectivity index (χ2v) is 6.95. The molecule has 1 aromatic rings. The number of benzene rings is 1. The first kappa shape index (κ1) is 15.6. The topological polar surface area (TPSA) is 12.0 Å². The van der Waals surface area contributed by atoms with E-state index in [0.29, 0.717) is 6.04 Å². The summed E-state index contributed by atoms with van der Waals surface area (Å²) in [6.07, 6.45) is 5.37. The molecule has 1 aromatic carbocycles. The number of rotatable bonds is 6. The fourth-order valence-electron chi connectivity index (χ4n) is 3.74.